The maximum absolute atomic E-state index is 4.23. The Morgan fingerprint density at radius 1 is 1.29 bits per heavy atom. The Bertz CT molecular complexity index is 667. The molecule has 0 aliphatic heterocycles. The van der Waals surface area contributed by atoms with Crippen molar-refractivity contribution in [2.45, 2.75) is 40.0 Å². The SMILES string of the molecule is C=C(/C=C\CC1=CC=CCC1C(C)C=CCC)c1ccccc1C. The van der Waals surface area contributed by atoms with E-state index in [4.69, 9.17) is 0 Å². The molecule has 0 amide bonds. The van der Waals surface area contributed by atoms with Gasteiger partial charge in [-0.1, -0.05) is 92.8 Å². The first-order valence-corrected chi connectivity index (χ1v) is 9.07. The lowest BCUT2D eigenvalue weighted by Gasteiger charge is -2.25. The lowest BCUT2D eigenvalue weighted by atomic mass is 9.80. The van der Waals surface area contributed by atoms with E-state index in [2.05, 4.69) is 94.1 Å². The van der Waals surface area contributed by atoms with Crippen LogP contribution in [0.3, 0.4) is 0 Å². The minimum absolute atomic E-state index is 0.592. The van der Waals surface area contributed by atoms with Crippen molar-refractivity contribution in [3.63, 3.8) is 0 Å². The number of allylic oxidation sites excluding steroid dienone is 9. The molecule has 0 heterocycles. The molecule has 0 nitrogen and oxygen atoms in total. The molecule has 0 heteroatoms. The summed E-state index contributed by atoms with van der Waals surface area (Å²) in [6.45, 7) is 10.9. The molecular weight excluding hydrogens is 288 g/mol. The van der Waals surface area contributed by atoms with Gasteiger partial charge in [0.25, 0.3) is 0 Å². The summed E-state index contributed by atoms with van der Waals surface area (Å²) < 4.78 is 0. The highest BCUT2D eigenvalue weighted by molar-refractivity contribution is 5.73. The van der Waals surface area contributed by atoms with Crippen molar-refractivity contribution in [2.75, 3.05) is 0 Å². The summed E-state index contributed by atoms with van der Waals surface area (Å²) in [5.41, 5.74) is 5.14. The van der Waals surface area contributed by atoms with E-state index in [1.807, 2.05) is 0 Å². The molecule has 1 aliphatic carbocycles. The minimum Gasteiger partial charge on any atom is -0.0912 e. The molecule has 126 valence electrons. The molecule has 1 aromatic rings. The van der Waals surface area contributed by atoms with Gasteiger partial charge in [-0.3, -0.25) is 0 Å². The van der Waals surface area contributed by atoms with E-state index in [9.17, 15) is 0 Å². The summed E-state index contributed by atoms with van der Waals surface area (Å²) >= 11 is 0. The monoisotopic (exact) mass is 318 g/mol. The number of aryl methyl sites for hydroxylation is 1. The molecular formula is C24H30. The van der Waals surface area contributed by atoms with E-state index in [-0.39, 0.29) is 0 Å². The van der Waals surface area contributed by atoms with Crippen LogP contribution in [0.15, 0.2) is 78.9 Å². The summed E-state index contributed by atoms with van der Waals surface area (Å²) in [7, 11) is 0. The number of rotatable bonds is 7. The van der Waals surface area contributed by atoms with Crippen LogP contribution in [-0.2, 0) is 0 Å². The Kier molecular flexibility index (Phi) is 7.06. The number of benzene rings is 1. The van der Waals surface area contributed by atoms with Gasteiger partial charge in [0.15, 0.2) is 0 Å². The van der Waals surface area contributed by atoms with Crippen LogP contribution in [0.25, 0.3) is 5.57 Å². The zero-order valence-electron chi connectivity index (χ0n) is 15.3. The molecule has 0 spiro atoms. The molecule has 0 saturated heterocycles. The Hall–Kier alpha value is -2.08. The Labute approximate surface area is 148 Å². The first-order chi connectivity index (χ1) is 11.6. The van der Waals surface area contributed by atoms with Crippen LogP contribution < -0.4 is 0 Å². The van der Waals surface area contributed by atoms with Crippen molar-refractivity contribution in [1.82, 2.24) is 0 Å². The summed E-state index contributed by atoms with van der Waals surface area (Å²) in [6.07, 6.45) is 19.1. The van der Waals surface area contributed by atoms with Gasteiger partial charge < -0.3 is 0 Å². The molecule has 2 atom stereocenters. The van der Waals surface area contributed by atoms with Crippen molar-refractivity contribution in [3.8, 4) is 0 Å². The van der Waals surface area contributed by atoms with Gasteiger partial charge in [-0.15, -0.1) is 0 Å². The second-order valence-corrected chi connectivity index (χ2v) is 6.65. The van der Waals surface area contributed by atoms with Gasteiger partial charge in [0.2, 0.25) is 0 Å². The fourth-order valence-corrected chi connectivity index (χ4v) is 3.31. The van der Waals surface area contributed by atoms with Crippen LogP contribution in [0, 0.1) is 18.8 Å². The smallest absolute Gasteiger partial charge is 0.0102 e. The van der Waals surface area contributed by atoms with Crippen LogP contribution in [0.1, 0.15) is 44.2 Å². The third-order valence-electron chi connectivity index (χ3n) is 4.79. The first kappa shape index (κ1) is 18.3. The molecule has 2 rings (SSSR count). The second-order valence-electron chi connectivity index (χ2n) is 6.65. The van der Waals surface area contributed by atoms with Gasteiger partial charge in [0.1, 0.15) is 0 Å². The Balaban J connectivity index is 2.02. The van der Waals surface area contributed by atoms with Gasteiger partial charge >= 0.3 is 0 Å². The van der Waals surface area contributed by atoms with Gasteiger partial charge in [-0.2, -0.15) is 0 Å². The molecule has 0 bridgehead atoms. The Morgan fingerprint density at radius 2 is 2.08 bits per heavy atom. The quantitative estimate of drug-likeness (QED) is 0.373. The third-order valence-corrected chi connectivity index (χ3v) is 4.79. The van der Waals surface area contributed by atoms with E-state index in [0.717, 1.165) is 24.8 Å². The average molecular weight is 319 g/mol. The summed E-state index contributed by atoms with van der Waals surface area (Å²) in [6, 6.07) is 8.43. The summed E-state index contributed by atoms with van der Waals surface area (Å²) in [5.74, 6) is 1.21. The molecule has 2 unspecified atom stereocenters. The largest absolute Gasteiger partial charge is 0.0912 e. The van der Waals surface area contributed by atoms with E-state index < -0.39 is 0 Å². The topological polar surface area (TPSA) is 0 Å². The molecule has 0 saturated carbocycles. The van der Waals surface area contributed by atoms with Gasteiger partial charge in [-0.25, -0.2) is 0 Å². The molecule has 0 aromatic heterocycles. The van der Waals surface area contributed by atoms with Crippen molar-refractivity contribution in [3.05, 3.63) is 90.1 Å². The molecule has 0 radical (unpaired) electrons. The van der Waals surface area contributed by atoms with Crippen LogP contribution in [0.4, 0.5) is 0 Å². The summed E-state index contributed by atoms with van der Waals surface area (Å²) in [4.78, 5) is 0. The molecule has 24 heavy (non-hydrogen) atoms. The van der Waals surface area contributed by atoms with Crippen molar-refractivity contribution < 1.29 is 0 Å². The van der Waals surface area contributed by atoms with E-state index >= 15 is 0 Å². The highest BCUT2D eigenvalue weighted by Crippen LogP contribution is 2.31. The van der Waals surface area contributed by atoms with Crippen LogP contribution in [0.2, 0.25) is 0 Å². The highest BCUT2D eigenvalue weighted by atomic mass is 14.2. The van der Waals surface area contributed by atoms with Crippen molar-refractivity contribution in [2.24, 2.45) is 11.8 Å². The molecule has 0 fully saturated rings. The highest BCUT2D eigenvalue weighted by Gasteiger charge is 2.19. The van der Waals surface area contributed by atoms with Crippen molar-refractivity contribution in [1.29, 1.82) is 0 Å². The minimum atomic E-state index is 0.592. The van der Waals surface area contributed by atoms with E-state index in [1.165, 1.54) is 16.7 Å². The fraction of sp³-hybridized carbons (Fsp3) is 0.333. The maximum atomic E-state index is 4.23. The van der Waals surface area contributed by atoms with E-state index in [0.29, 0.717) is 11.8 Å². The average Bonchev–Trinajstić information content (AvgIpc) is 2.60. The van der Waals surface area contributed by atoms with Gasteiger partial charge in [0, 0.05) is 0 Å². The van der Waals surface area contributed by atoms with Gasteiger partial charge in [0.05, 0.1) is 0 Å². The summed E-state index contributed by atoms with van der Waals surface area (Å²) in [5, 5.41) is 0. The van der Waals surface area contributed by atoms with Crippen LogP contribution in [-0.4, -0.2) is 0 Å². The predicted molar refractivity (Wildman–Crippen MR) is 108 cm³/mol. The molecule has 1 aliphatic rings. The number of hydrogen-bond donors (Lipinski definition) is 0. The second kappa shape index (κ2) is 9.27. The zero-order chi connectivity index (χ0) is 17.4. The van der Waals surface area contributed by atoms with Crippen LogP contribution in [0.5, 0.6) is 0 Å². The zero-order valence-corrected chi connectivity index (χ0v) is 15.3. The van der Waals surface area contributed by atoms with Gasteiger partial charge in [-0.05, 0) is 54.7 Å². The number of hydrogen-bond acceptors (Lipinski definition) is 0. The van der Waals surface area contributed by atoms with Crippen molar-refractivity contribution >= 4 is 5.57 Å². The first-order valence-electron chi connectivity index (χ1n) is 9.07. The molecule has 0 N–H and O–H groups in total. The standard InChI is InChI=1S/C24H30/c1-5-6-12-21(4)24-18-10-8-15-22(24)16-11-14-20(3)23-17-9-7-13-19(23)2/h6-15,17,21,24H,3,5,16,18H2,1-2,4H3/b12-6?,14-11-. The Morgan fingerprint density at radius 3 is 2.83 bits per heavy atom. The van der Waals surface area contributed by atoms with E-state index in [1.54, 1.807) is 0 Å². The molecule has 1 aromatic carbocycles. The predicted octanol–water partition coefficient (Wildman–Crippen LogP) is 7.06. The lowest BCUT2D eigenvalue weighted by molar-refractivity contribution is 0.479. The maximum Gasteiger partial charge on any atom is -0.0102 e. The normalized spacial score (nSPS) is 19.0. The third kappa shape index (κ3) is 4.96. The fourth-order valence-electron chi connectivity index (χ4n) is 3.31. The van der Waals surface area contributed by atoms with Crippen LogP contribution >= 0.6 is 0 Å². The lowest BCUT2D eigenvalue weighted by Crippen LogP contribution is -2.13.